The largest absolute Gasteiger partial charge is 0.491 e. The smallest absolute Gasteiger partial charge is 0.124 e. The maximum Gasteiger partial charge on any atom is 0.124 e. The van der Waals surface area contributed by atoms with Gasteiger partial charge >= 0.3 is 0 Å². The minimum atomic E-state index is 0.217. The van der Waals surface area contributed by atoms with E-state index >= 15 is 0 Å². The fraction of sp³-hybridized carbons (Fsp3) is 0.467. The molecule has 0 heterocycles. The van der Waals surface area contributed by atoms with Crippen molar-refractivity contribution in [3.63, 3.8) is 0 Å². The van der Waals surface area contributed by atoms with Crippen molar-refractivity contribution in [3.05, 3.63) is 42.5 Å². The number of hydrogen-bond donors (Lipinski definition) is 1. The lowest BCUT2D eigenvalue weighted by atomic mass is 10.2. The highest BCUT2D eigenvalue weighted by molar-refractivity contribution is 7.99. The van der Waals surface area contributed by atoms with Crippen LogP contribution in [0.5, 0.6) is 5.75 Å². The molecular weight excluding hydrogens is 242 g/mol. The average molecular weight is 265 g/mol. The Morgan fingerprint density at radius 2 is 2.17 bits per heavy atom. The molecule has 0 radical (unpaired) electrons. The third-order valence-electron chi connectivity index (χ3n) is 2.31. The third kappa shape index (κ3) is 6.12. The van der Waals surface area contributed by atoms with Crippen LogP contribution in [0.3, 0.4) is 0 Å². The Labute approximate surface area is 115 Å². The van der Waals surface area contributed by atoms with Crippen LogP contribution in [0.15, 0.2) is 36.9 Å². The maximum absolute atomic E-state index is 5.78. The highest BCUT2D eigenvalue weighted by Gasteiger charge is 2.03. The molecule has 0 spiro atoms. The van der Waals surface area contributed by atoms with E-state index in [1.807, 2.05) is 30.0 Å². The van der Waals surface area contributed by atoms with Crippen molar-refractivity contribution in [2.45, 2.75) is 26.5 Å². The van der Waals surface area contributed by atoms with Crippen LogP contribution in [0, 0.1) is 0 Å². The number of hydrogen-bond acceptors (Lipinski definition) is 3. The van der Waals surface area contributed by atoms with Crippen LogP contribution in [0.25, 0.3) is 0 Å². The molecule has 0 aliphatic carbocycles. The molecule has 0 bridgehead atoms. The second kappa shape index (κ2) is 9.06. The molecule has 1 aromatic carbocycles. The molecule has 2 nitrogen and oxygen atoms in total. The average Bonchev–Trinajstić information content (AvgIpc) is 2.35. The normalized spacial score (nSPS) is 10.6. The molecule has 18 heavy (non-hydrogen) atoms. The van der Waals surface area contributed by atoms with Gasteiger partial charge in [0.05, 0.1) is 6.10 Å². The van der Waals surface area contributed by atoms with Gasteiger partial charge in [-0.1, -0.05) is 24.3 Å². The van der Waals surface area contributed by atoms with Crippen LogP contribution in [0.2, 0.25) is 0 Å². The SMILES string of the molecule is C=CCSCCNCc1ccccc1OC(C)C. The van der Waals surface area contributed by atoms with Crippen molar-refractivity contribution in [1.29, 1.82) is 0 Å². The summed E-state index contributed by atoms with van der Waals surface area (Å²) < 4.78 is 5.78. The van der Waals surface area contributed by atoms with Crippen molar-refractivity contribution >= 4 is 11.8 Å². The lowest BCUT2D eigenvalue weighted by Gasteiger charge is -2.14. The Morgan fingerprint density at radius 1 is 1.39 bits per heavy atom. The fourth-order valence-corrected chi connectivity index (χ4v) is 2.17. The van der Waals surface area contributed by atoms with E-state index in [1.165, 1.54) is 5.56 Å². The first-order valence-electron chi connectivity index (χ1n) is 6.38. The van der Waals surface area contributed by atoms with Crippen LogP contribution in [0.4, 0.5) is 0 Å². The Bertz CT molecular complexity index is 352. The monoisotopic (exact) mass is 265 g/mol. The Morgan fingerprint density at radius 3 is 2.89 bits per heavy atom. The first-order chi connectivity index (χ1) is 8.74. The van der Waals surface area contributed by atoms with Crippen LogP contribution in [0.1, 0.15) is 19.4 Å². The number of para-hydroxylation sites is 1. The predicted octanol–water partition coefficient (Wildman–Crippen LogP) is 3.48. The summed E-state index contributed by atoms with van der Waals surface area (Å²) in [5.41, 5.74) is 1.22. The van der Waals surface area contributed by atoms with Gasteiger partial charge in [0.15, 0.2) is 0 Å². The molecule has 1 N–H and O–H groups in total. The molecule has 0 atom stereocenters. The van der Waals surface area contributed by atoms with E-state index in [0.29, 0.717) is 0 Å². The van der Waals surface area contributed by atoms with Gasteiger partial charge in [-0.05, 0) is 19.9 Å². The van der Waals surface area contributed by atoms with E-state index < -0.39 is 0 Å². The second-order valence-electron chi connectivity index (χ2n) is 4.31. The van der Waals surface area contributed by atoms with E-state index in [1.54, 1.807) is 0 Å². The van der Waals surface area contributed by atoms with Crippen molar-refractivity contribution in [1.82, 2.24) is 5.32 Å². The first-order valence-corrected chi connectivity index (χ1v) is 7.53. The van der Waals surface area contributed by atoms with Gasteiger partial charge in [-0.15, -0.1) is 6.58 Å². The molecule has 0 amide bonds. The summed E-state index contributed by atoms with van der Waals surface area (Å²) in [6.07, 6.45) is 2.16. The number of nitrogens with one attached hydrogen (secondary N) is 1. The molecular formula is C15H23NOS. The Kier molecular flexibility index (Phi) is 7.62. The van der Waals surface area contributed by atoms with Gasteiger partial charge in [0, 0.05) is 30.2 Å². The van der Waals surface area contributed by atoms with Gasteiger partial charge in [-0.2, -0.15) is 11.8 Å². The molecule has 100 valence electrons. The summed E-state index contributed by atoms with van der Waals surface area (Å²) in [4.78, 5) is 0. The van der Waals surface area contributed by atoms with Crippen LogP contribution in [-0.4, -0.2) is 24.2 Å². The Hall–Kier alpha value is -0.930. The number of rotatable bonds is 9. The second-order valence-corrected chi connectivity index (χ2v) is 5.46. The number of ether oxygens (including phenoxy) is 1. The van der Waals surface area contributed by atoms with E-state index in [0.717, 1.165) is 30.3 Å². The lowest BCUT2D eigenvalue weighted by molar-refractivity contribution is 0.239. The molecule has 0 aliphatic rings. The molecule has 0 saturated heterocycles. The highest BCUT2D eigenvalue weighted by Crippen LogP contribution is 2.18. The van der Waals surface area contributed by atoms with E-state index in [9.17, 15) is 0 Å². The molecule has 0 saturated carbocycles. The molecule has 0 aliphatic heterocycles. The Balaban J connectivity index is 2.34. The topological polar surface area (TPSA) is 21.3 Å². The zero-order valence-corrected chi connectivity index (χ0v) is 12.1. The summed E-state index contributed by atoms with van der Waals surface area (Å²) in [5, 5.41) is 3.44. The molecule has 1 rings (SSSR count). The molecule has 0 unspecified atom stereocenters. The van der Waals surface area contributed by atoms with Crippen molar-refractivity contribution in [2.75, 3.05) is 18.1 Å². The van der Waals surface area contributed by atoms with Gasteiger partial charge in [0.25, 0.3) is 0 Å². The van der Waals surface area contributed by atoms with E-state index in [4.69, 9.17) is 4.74 Å². The zero-order valence-electron chi connectivity index (χ0n) is 11.3. The highest BCUT2D eigenvalue weighted by atomic mass is 32.2. The molecule has 0 fully saturated rings. The summed E-state index contributed by atoms with van der Waals surface area (Å²) in [6.45, 7) is 9.68. The quantitative estimate of drug-likeness (QED) is 0.545. The van der Waals surface area contributed by atoms with Gasteiger partial charge in [-0.25, -0.2) is 0 Å². The van der Waals surface area contributed by atoms with Gasteiger partial charge in [-0.3, -0.25) is 0 Å². The molecule has 0 aromatic heterocycles. The van der Waals surface area contributed by atoms with Crippen molar-refractivity contribution in [2.24, 2.45) is 0 Å². The summed E-state index contributed by atoms with van der Waals surface area (Å²) in [7, 11) is 0. The van der Waals surface area contributed by atoms with E-state index in [2.05, 4.69) is 37.9 Å². The molecule has 1 aromatic rings. The summed E-state index contributed by atoms with van der Waals surface area (Å²) in [6, 6.07) is 8.21. The third-order valence-corrected chi connectivity index (χ3v) is 3.27. The maximum atomic E-state index is 5.78. The molecule has 3 heteroatoms. The van der Waals surface area contributed by atoms with Crippen molar-refractivity contribution in [3.8, 4) is 5.75 Å². The minimum Gasteiger partial charge on any atom is -0.491 e. The zero-order chi connectivity index (χ0) is 13.2. The minimum absolute atomic E-state index is 0.217. The van der Waals surface area contributed by atoms with Crippen LogP contribution < -0.4 is 10.1 Å². The first kappa shape index (κ1) is 15.1. The number of thioether (sulfide) groups is 1. The fourth-order valence-electron chi connectivity index (χ4n) is 1.55. The van der Waals surface area contributed by atoms with Gasteiger partial charge < -0.3 is 10.1 Å². The van der Waals surface area contributed by atoms with Crippen LogP contribution >= 0.6 is 11.8 Å². The summed E-state index contributed by atoms with van der Waals surface area (Å²) in [5.74, 6) is 3.12. The predicted molar refractivity (Wildman–Crippen MR) is 81.4 cm³/mol. The number of benzene rings is 1. The van der Waals surface area contributed by atoms with E-state index in [-0.39, 0.29) is 6.10 Å². The van der Waals surface area contributed by atoms with Gasteiger partial charge in [0.2, 0.25) is 0 Å². The van der Waals surface area contributed by atoms with Crippen LogP contribution in [-0.2, 0) is 6.54 Å². The standard InChI is InChI=1S/C15H23NOS/c1-4-10-18-11-9-16-12-14-7-5-6-8-15(14)17-13(2)3/h4-8,13,16H,1,9-12H2,2-3H3. The summed E-state index contributed by atoms with van der Waals surface area (Å²) >= 11 is 1.89. The lowest BCUT2D eigenvalue weighted by Crippen LogP contribution is -2.18. The van der Waals surface area contributed by atoms with Crippen molar-refractivity contribution < 1.29 is 4.74 Å². The van der Waals surface area contributed by atoms with Gasteiger partial charge in [0.1, 0.15) is 5.75 Å².